The lowest BCUT2D eigenvalue weighted by Crippen LogP contribution is -2.31. The summed E-state index contributed by atoms with van der Waals surface area (Å²) in [4.78, 5) is 24.0. The highest BCUT2D eigenvalue weighted by Gasteiger charge is 2.20. The van der Waals surface area contributed by atoms with E-state index in [0.717, 1.165) is 23.4 Å². The van der Waals surface area contributed by atoms with Gasteiger partial charge in [0.1, 0.15) is 0 Å². The van der Waals surface area contributed by atoms with Gasteiger partial charge in [0.05, 0.1) is 17.0 Å². The Morgan fingerprint density at radius 2 is 1.88 bits per heavy atom. The molecule has 0 aliphatic carbocycles. The number of rotatable bonds is 2. The fraction of sp³-hybridized carbons (Fsp3) is 0.118. The van der Waals surface area contributed by atoms with Gasteiger partial charge in [-0.1, -0.05) is 23.2 Å². The van der Waals surface area contributed by atoms with Crippen LogP contribution in [0.4, 0.5) is 0 Å². The summed E-state index contributed by atoms with van der Waals surface area (Å²) in [5.41, 5.74) is 3.83. The van der Waals surface area contributed by atoms with Gasteiger partial charge in [0.25, 0.3) is 5.91 Å². The van der Waals surface area contributed by atoms with E-state index in [4.69, 9.17) is 23.2 Å². The lowest BCUT2D eigenvalue weighted by molar-refractivity contribution is 0.0946. The molecule has 0 fully saturated rings. The number of aromatic amines is 1. The first-order valence-corrected chi connectivity index (χ1v) is 8.16. The molecule has 0 unspecified atom stereocenters. The van der Waals surface area contributed by atoms with Gasteiger partial charge in [-0.05, 0) is 30.3 Å². The van der Waals surface area contributed by atoms with Crippen molar-refractivity contribution in [2.24, 2.45) is 0 Å². The molecule has 7 heteroatoms. The Bertz CT molecular complexity index is 931. The summed E-state index contributed by atoms with van der Waals surface area (Å²) in [7, 11) is 0. The number of benzene rings is 1. The van der Waals surface area contributed by atoms with E-state index in [9.17, 15) is 4.79 Å². The van der Waals surface area contributed by atoms with Gasteiger partial charge < -0.3 is 10.3 Å². The molecule has 0 saturated heterocycles. The van der Waals surface area contributed by atoms with Crippen LogP contribution >= 0.6 is 23.2 Å². The zero-order chi connectivity index (χ0) is 16.7. The Labute approximate surface area is 148 Å². The number of hydrogen-bond acceptors (Lipinski definition) is 3. The fourth-order valence-electron chi connectivity index (χ4n) is 2.76. The summed E-state index contributed by atoms with van der Waals surface area (Å²) >= 11 is 12.1. The molecular weight excluding hydrogens is 347 g/mol. The lowest BCUT2D eigenvalue weighted by atomic mass is 10.1. The number of nitrogens with zero attached hydrogens (tertiary/aromatic N) is 2. The van der Waals surface area contributed by atoms with E-state index in [1.165, 1.54) is 0 Å². The van der Waals surface area contributed by atoms with Crippen molar-refractivity contribution in [1.82, 2.24) is 20.3 Å². The van der Waals surface area contributed by atoms with Crippen molar-refractivity contribution in [2.75, 3.05) is 6.54 Å². The van der Waals surface area contributed by atoms with Crippen LogP contribution in [-0.4, -0.2) is 27.4 Å². The van der Waals surface area contributed by atoms with Gasteiger partial charge in [0.15, 0.2) is 5.82 Å². The fourth-order valence-corrected chi connectivity index (χ4v) is 3.29. The molecule has 1 aromatic carbocycles. The van der Waals surface area contributed by atoms with Crippen LogP contribution in [0.15, 0.2) is 36.5 Å². The minimum absolute atomic E-state index is 0.0605. The molecule has 0 bridgehead atoms. The van der Waals surface area contributed by atoms with E-state index in [2.05, 4.69) is 20.3 Å². The first-order chi connectivity index (χ1) is 11.6. The third-order valence-corrected chi connectivity index (χ3v) is 4.29. The molecule has 2 N–H and O–H groups in total. The van der Waals surface area contributed by atoms with Crippen molar-refractivity contribution in [2.45, 2.75) is 6.42 Å². The minimum Gasteiger partial charge on any atom is -0.356 e. The average Bonchev–Trinajstić information content (AvgIpc) is 3.00. The summed E-state index contributed by atoms with van der Waals surface area (Å²) in [6.45, 7) is 0.641. The molecule has 0 saturated carbocycles. The second kappa shape index (κ2) is 5.92. The molecule has 0 spiro atoms. The second-order valence-corrected chi connectivity index (χ2v) is 6.38. The molecule has 4 rings (SSSR count). The van der Waals surface area contributed by atoms with Crippen molar-refractivity contribution in [3.8, 4) is 22.8 Å². The topological polar surface area (TPSA) is 70.7 Å². The van der Waals surface area contributed by atoms with Crippen LogP contribution in [0, 0.1) is 0 Å². The molecular formula is C17H12Cl2N4O. The maximum absolute atomic E-state index is 11.9. The molecule has 1 aliphatic heterocycles. The number of aromatic nitrogens is 3. The first kappa shape index (κ1) is 15.2. The summed E-state index contributed by atoms with van der Waals surface area (Å²) in [6.07, 6.45) is 2.45. The average molecular weight is 359 g/mol. The molecule has 1 aliphatic rings. The van der Waals surface area contributed by atoms with Gasteiger partial charge in [0, 0.05) is 40.5 Å². The van der Waals surface area contributed by atoms with E-state index in [1.54, 1.807) is 30.5 Å². The van der Waals surface area contributed by atoms with Crippen LogP contribution < -0.4 is 5.32 Å². The normalized spacial score (nSPS) is 13.5. The highest BCUT2D eigenvalue weighted by molar-refractivity contribution is 6.35. The zero-order valence-electron chi connectivity index (χ0n) is 12.4. The highest BCUT2D eigenvalue weighted by atomic mass is 35.5. The zero-order valence-corrected chi connectivity index (χ0v) is 13.9. The number of hydrogen-bond donors (Lipinski definition) is 2. The summed E-state index contributed by atoms with van der Waals surface area (Å²) in [5, 5.41) is 3.88. The number of carbonyl (C=O) groups excluding carboxylic acids is 1. The van der Waals surface area contributed by atoms with Gasteiger partial charge in [-0.25, -0.2) is 9.97 Å². The Balaban J connectivity index is 1.77. The minimum atomic E-state index is -0.0605. The summed E-state index contributed by atoms with van der Waals surface area (Å²) < 4.78 is 0. The SMILES string of the molecule is O=C1NCCc2[nH]c(-c3ccnc(-c4cc(Cl)cc(Cl)c4)n3)cc21. The van der Waals surface area contributed by atoms with E-state index in [0.29, 0.717) is 33.7 Å². The number of nitrogens with one attached hydrogen (secondary N) is 2. The van der Waals surface area contributed by atoms with Crippen LogP contribution in [0.3, 0.4) is 0 Å². The number of halogens is 2. The monoisotopic (exact) mass is 358 g/mol. The molecule has 2 aromatic heterocycles. The molecule has 0 atom stereocenters. The number of amides is 1. The standard InChI is InChI=1S/C17H12Cl2N4O/c18-10-5-9(6-11(19)7-10)16-20-3-2-14(23-16)15-8-12-13(22-15)1-4-21-17(12)24/h2-3,5-8,22H,1,4H2,(H,21,24). The maximum atomic E-state index is 11.9. The highest BCUT2D eigenvalue weighted by Crippen LogP contribution is 2.27. The number of H-pyrrole nitrogens is 1. The van der Waals surface area contributed by atoms with Gasteiger partial charge in [0.2, 0.25) is 0 Å². The van der Waals surface area contributed by atoms with Crippen LogP contribution in [0.1, 0.15) is 16.1 Å². The summed E-state index contributed by atoms with van der Waals surface area (Å²) in [5.74, 6) is 0.462. The van der Waals surface area contributed by atoms with Crippen LogP contribution in [0.5, 0.6) is 0 Å². The van der Waals surface area contributed by atoms with Crippen molar-refractivity contribution >= 4 is 29.1 Å². The molecule has 1 amide bonds. The van der Waals surface area contributed by atoms with Crippen molar-refractivity contribution in [1.29, 1.82) is 0 Å². The van der Waals surface area contributed by atoms with Gasteiger partial charge in [-0.3, -0.25) is 4.79 Å². The Kier molecular flexibility index (Phi) is 3.75. The number of fused-ring (bicyclic) bond motifs is 1. The smallest absolute Gasteiger partial charge is 0.253 e. The van der Waals surface area contributed by atoms with Crippen molar-refractivity contribution in [3.05, 3.63) is 57.8 Å². The van der Waals surface area contributed by atoms with E-state index in [-0.39, 0.29) is 5.91 Å². The Hall–Kier alpha value is -2.37. The predicted octanol–water partition coefficient (Wildman–Crippen LogP) is 3.73. The summed E-state index contributed by atoms with van der Waals surface area (Å²) in [6, 6.07) is 8.80. The Morgan fingerprint density at radius 1 is 1.08 bits per heavy atom. The molecule has 5 nitrogen and oxygen atoms in total. The van der Waals surface area contributed by atoms with Crippen LogP contribution in [0.2, 0.25) is 10.0 Å². The van der Waals surface area contributed by atoms with Gasteiger partial charge in [-0.2, -0.15) is 0 Å². The van der Waals surface area contributed by atoms with E-state index >= 15 is 0 Å². The third kappa shape index (κ3) is 2.77. The molecule has 3 heterocycles. The van der Waals surface area contributed by atoms with Crippen LogP contribution in [0.25, 0.3) is 22.8 Å². The van der Waals surface area contributed by atoms with E-state index in [1.807, 2.05) is 6.07 Å². The largest absolute Gasteiger partial charge is 0.356 e. The van der Waals surface area contributed by atoms with Crippen molar-refractivity contribution in [3.63, 3.8) is 0 Å². The molecule has 120 valence electrons. The van der Waals surface area contributed by atoms with E-state index < -0.39 is 0 Å². The van der Waals surface area contributed by atoms with Crippen molar-refractivity contribution < 1.29 is 4.79 Å². The maximum Gasteiger partial charge on any atom is 0.253 e. The lowest BCUT2D eigenvalue weighted by Gasteiger charge is -2.10. The van der Waals surface area contributed by atoms with Gasteiger partial charge in [-0.15, -0.1) is 0 Å². The number of carbonyl (C=O) groups is 1. The van der Waals surface area contributed by atoms with Crippen LogP contribution in [-0.2, 0) is 6.42 Å². The second-order valence-electron chi connectivity index (χ2n) is 5.50. The molecule has 24 heavy (non-hydrogen) atoms. The Morgan fingerprint density at radius 3 is 2.62 bits per heavy atom. The first-order valence-electron chi connectivity index (χ1n) is 7.40. The molecule has 0 radical (unpaired) electrons. The van der Waals surface area contributed by atoms with Gasteiger partial charge >= 0.3 is 0 Å². The molecule has 3 aromatic rings. The quantitative estimate of drug-likeness (QED) is 0.733. The predicted molar refractivity (Wildman–Crippen MR) is 93.3 cm³/mol. The third-order valence-electron chi connectivity index (χ3n) is 3.86.